The SMILES string of the molecule is CCc1c(C(=O)Nc2ccc(F)c(NC(=O)OC(C)(C)C)c2)cnn1-c1ccc(C)cc1. The van der Waals surface area contributed by atoms with Gasteiger partial charge in [-0.25, -0.2) is 13.9 Å². The third-order valence-corrected chi connectivity index (χ3v) is 4.59. The van der Waals surface area contributed by atoms with Crippen LogP contribution in [0.2, 0.25) is 0 Å². The molecule has 8 heteroatoms. The maximum absolute atomic E-state index is 14.2. The van der Waals surface area contributed by atoms with Gasteiger partial charge >= 0.3 is 6.09 Å². The zero-order valence-corrected chi connectivity index (χ0v) is 18.8. The second-order valence-corrected chi connectivity index (χ2v) is 8.38. The van der Waals surface area contributed by atoms with E-state index in [0.29, 0.717) is 17.7 Å². The molecule has 2 amide bonds. The van der Waals surface area contributed by atoms with E-state index in [9.17, 15) is 14.0 Å². The molecule has 1 aromatic heterocycles. The van der Waals surface area contributed by atoms with Crippen LogP contribution >= 0.6 is 0 Å². The van der Waals surface area contributed by atoms with Crippen molar-refractivity contribution in [3.05, 3.63) is 71.3 Å². The second kappa shape index (κ2) is 9.21. The van der Waals surface area contributed by atoms with E-state index in [2.05, 4.69) is 15.7 Å². The fourth-order valence-electron chi connectivity index (χ4n) is 3.12. The van der Waals surface area contributed by atoms with Gasteiger partial charge in [0.15, 0.2) is 0 Å². The largest absolute Gasteiger partial charge is 0.444 e. The highest BCUT2D eigenvalue weighted by atomic mass is 19.1. The molecule has 0 bridgehead atoms. The van der Waals surface area contributed by atoms with Crippen molar-refractivity contribution in [1.82, 2.24) is 9.78 Å². The van der Waals surface area contributed by atoms with Crippen LogP contribution in [0.15, 0.2) is 48.7 Å². The van der Waals surface area contributed by atoms with E-state index in [1.807, 2.05) is 38.1 Å². The quantitative estimate of drug-likeness (QED) is 0.552. The smallest absolute Gasteiger partial charge is 0.412 e. The fraction of sp³-hybridized carbons (Fsp3) is 0.292. The molecule has 1 heterocycles. The molecular weight excluding hydrogens is 411 g/mol. The normalized spacial score (nSPS) is 11.2. The topological polar surface area (TPSA) is 85.2 Å². The average Bonchev–Trinajstić information content (AvgIpc) is 3.14. The average molecular weight is 439 g/mol. The van der Waals surface area contributed by atoms with Gasteiger partial charge in [-0.05, 0) is 64.4 Å². The van der Waals surface area contributed by atoms with Crippen LogP contribution in [0.5, 0.6) is 0 Å². The monoisotopic (exact) mass is 438 g/mol. The molecule has 0 atom stereocenters. The zero-order chi connectivity index (χ0) is 23.5. The Bertz CT molecular complexity index is 1130. The number of hydrogen-bond donors (Lipinski definition) is 2. The molecule has 0 saturated carbocycles. The van der Waals surface area contributed by atoms with Gasteiger partial charge in [-0.1, -0.05) is 24.6 Å². The molecule has 7 nitrogen and oxygen atoms in total. The van der Waals surface area contributed by atoms with E-state index in [1.54, 1.807) is 25.5 Å². The molecule has 168 valence electrons. The summed E-state index contributed by atoms with van der Waals surface area (Å²) in [5.41, 5.74) is 2.66. The highest BCUT2D eigenvalue weighted by Crippen LogP contribution is 2.23. The summed E-state index contributed by atoms with van der Waals surface area (Å²) in [6.45, 7) is 9.07. The molecule has 0 saturated heterocycles. The Labute approximate surface area is 186 Å². The molecule has 0 spiro atoms. The minimum Gasteiger partial charge on any atom is -0.444 e. The number of rotatable bonds is 5. The molecule has 0 fully saturated rings. The summed E-state index contributed by atoms with van der Waals surface area (Å²) in [4.78, 5) is 24.9. The number of nitrogens with one attached hydrogen (secondary N) is 2. The summed E-state index contributed by atoms with van der Waals surface area (Å²) in [5.74, 6) is -1.02. The van der Waals surface area contributed by atoms with Crippen molar-refractivity contribution >= 4 is 23.4 Å². The van der Waals surface area contributed by atoms with Crippen molar-refractivity contribution < 1.29 is 18.7 Å². The lowest BCUT2D eigenvalue weighted by atomic mass is 10.1. The number of aromatic nitrogens is 2. The Balaban J connectivity index is 1.80. The lowest BCUT2D eigenvalue weighted by molar-refractivity contribution is 0.0635. The summed E-state index contributed by atoms with van der Waals surface area (Å²) < 4.78 is 21.0. The highest BCUT2D eigenvalue weighted by molar-refractivity contribution is 6.05. The fourth-order valence-corrected chi connectivity index (χ4v) is 3.12. The van der Waals surface area contributed by atoms with Crippen LogP contribution in [-0.4, -0.2) is 27.4 Å². The van der Waals surface area contributed by atoms with Gasteiger partial charge in [0, 0.05) is 5.69 Å². The van der Waals surface area contributed by atoms with E-state index in [1.165, 1.54) is 24.4 Å². The molecule has 2 N–H and O–H groups in total. The third kappa shape index (κ3) is 5.51. The van der Waals surface area contributed by atoms with Crippen LogP contribution in [0.3, 0.4) is 0 Å². The predicted octanol–water partition coefficient (Wildman–Crippen LogP) is 5.48. The van der Waals surface area contributed by atoms with Gasteiger partial charge in [-0.3, -0.25) is 10.1 Å². The number of aryl methyl sites for hydroxylation is 1. The molecule has 32 heavy (non-hydrogen) atoms. The number of amides is 2. The van der Waals surface area contributed by atoms with Crippen LogP contribution < -0.4 is 10.6 Å². The predicted molar refractivity (Wildman–Crippen MR) is 122 cm³/mol. The Hall–Kier alpha value is -3.68. The van der Waals surface area contributed by atoms with Gasteiger partial charge in [0.05, 0.1) is 28.8 Å². The third-order valence-electron chi connectivity index (χ3n) is 4.59. The number of ether oxygens (including phenoxy) is 1. The van der Waals surface area contributed by atoms with E-state index in [0.717, 1.165) is 16.9 Å². The van der Waals surface area contributed by atoms with Crippen LogP contribution in [0.1, 0.15) is 49.3 Å². The number of nitrogens with zero attached hydrogens (tertiary/aromatic N) is 2. The molecule has 0 radical (unpaired) electrons. The van der Waals surface area contributed by atoms with E-state index < -0.39 is 17.5 Å². The standard InChI is InChI=1S/C24H27FN4O3/c1-6-21-18(14-26-29(21)17-10-7-15(2)8-11-17)22(30)27-16-9-12-19(25)20(13-16)28-23(31)32-24(3,4)5/h7-14H,6H2,1-5H3,(H,27,30)(H,28,31). The van der Waals surface area contributed by atoms with Crippen molar-refractivity contribution in [3.63, 3.8) is 0 Å². The first-order valence-corrected chi connectivity index (χ1v) is 10.3. The summed E-state index contributed by atoms with van der Waals surface area (Å²) in [7, 11) is 0. The molecule has 3 rings (SSSR count). The summed E-state index contributed by atoms with van der Waals surface area (Å²) in [6, 6.07) is 11.8. The van der Waals surface area contributed by atoms with Crippen molar-refractivity contribution in [2.45, 2.75) is 46.6 Å². The van der Waals surface area contributed by atoms with E-state index >= 15 is 0 Å². The molecule has 0 unspecified atom stereocenters. The van der Waals surface area contributed by atoms with Gasteiger partial charge in [0.2, 0.25) is 0 Å². The maximum Gasteiger partial charge on any atom is 0.412 e. The number of benzene rings is 2. The maximum atomic E-state index is 14.2. The Kier molecular flexibility index (Phi) is 6.62. The van der Waals surface area contributed by atoms with Gasteiger partial charge in [-0.15, -0.1) is 0 Å². The van der Waals surface area contributed by atoms with Gasteiger partial charge in [0.25, 0.3) is 5.91 Å². The number of carbonyl (C=O) groups is 2. The first-order valence-electron chi connectivity index (χ1n) is 10.3. The Morgan fingerprint density at radius 3 is 2.41 bits per heavy atom. The van der Waals surface area contributed by atoms with Crippen molar-refractivity contribution in [2.75, 3.05) is 10.6 Å². The first-order chi connectivity index (χ1) is 15.1. The Morgan fingerprint density at radius 2 is 1.78 bits per heavy atom. The minimum absolute atomic E-state index is 0.0943. The van der Waals surface area contributed by atoms with E-state index in [-0.39, 0.29) is 11.6 Å². The summed E-state index contributed by atoms with van der Waals surface area (Å²) >= 11 is 0. The van der Waals surface area contributed by atoms with Crippen molar-refractivity contribution in [1.29, 1.82) is 0 Å². The highest BCUT2D eigenvalue weighted by Gasteiger charge is 2.20. The number of hydrogen-bond acceptors (Lipinski definition) is 4. The van der Waals surface area contributed by atoms with Crippen LogP contribution in [0, 0.1) is 12.7 Å². The van der Waals surface area contributed by atoms with Gasteiger partial charge in [0.1, 0.15) is 11.4 Å². The van der Waals surface area contributed by atoms with Crippen molar-refractivity contribution in [3.8, 4) is 5.69 Å². The number of carbonyl (C=O) groups excluding carboxylic acids is 2. The molecular formula is C24H27FN4O3. The summed E-state index contributed by atoms with van der Waals surface area (Å²) in [5, 5.41) is 9.49. The summed E-state index contributed by atoms with van der Waals surface area (Å²) in [6.07, 6.45) is 1.32. The molecule has 0 aliphatic carbocycles. The van der Waals surface area contributed by atoms with Gasteiger partial charge in [-0.2, -0.15) is 5.10 Å². The second-order valence-electron chi connectivity index (χ2n) is 8.38. The lowest BCUT2D eigenvalue weighted by Gasteiger charge is -2.20. The molecule has 0 aliphatic rings. The zero-order valence-electron chi connectivity index (χ0n) is 18.8. The molecule has 0 aliphatic heterocycles. The van der Waals surface area contributed by atoms with Gasteiger partial charge < -0.3 is 10.1 Å². The Morgan fingerprint density at radius 1 is 1.09 bits per heavy atom. The number of halogens is 1. The molecule has 3 aromatic rings. The lowest BCUT2D eigenvalue weighted by Crippen LogP contribution is -2.27. The molecule has 2 aromatic carbocycles. The first kappa shape index (κ1) is 23.0. The van der Waals surface area contributed by atoms with Crippen LogP contribution in [0.25, 0.3) is 5.69 Å². The minimum atomic E-state index is -0.785. The van der Waals surface area contributed by atoms with Crippen molar-refractivity contribution in [2.24, 2.45) is 0 Å². The van der Waals surface area contributed by atoms with Crippen LogP contribution in [0.4, 0.5) is 20.6 Å². The van der Waals surface area contributed by atoms with E-state index in [4.69, 9.17) is 4.74 Å². The number of anilines is 2. The van der Waals surface area contributed by atoms with Crippen LogP contribution in [-0.2, 0) is 11.2 Å².